The summed E-state index contributed by atoms with van der Waals surface area (Å²) in [4.78, 5) is 33.6. The third kappa shape index (κ3) is 4.57. The van der Waals surface area contributed by atoms with E-state index in [1.165, 1.54) is 16.7 Å². The van der Waals surface area contributed by atoms with Gasteiger partial charge in [-0.1, -0.05) is 18.2 Å². The van der Waals surface area contributed by atoms with Crippen LogP contribution in [0.2, 0.25) is 0 Å². The van der Waals surface area contributed by atoms with E-state index in [1.54, 1.807) is 30.6 Å². The summed E-state index contributed by atoms with van der Waals surface area (Å²) in [6, 6.07) is 9.21. The number of nitrogens with one attached hydrogen (secondary N) is 1. The van der Waals surface area contributed by atoms with Crippen molar-refractivity contribution in [2.45, 2.75) is 44.3 Å². The van der Waals surface area contributed by atoms with Gasteiger partial charge in [-0.05, 0) is 62.4 Å². The van der Waals surface area contributed by atoms with Gasteiger partial charge in [0, 0.05) is 48.7 Å². The van der Waals surface area contributed by atoms with Crippen molar-refractivity contribution in [2.75, 3.05) is 19.6 Å². The van der Waals surface area contributed by atoms with Crippen LogP contribution in [0.15, 0.2) is 58.4 Å². The summed E-state index contributed by atoms with van der Waals surface area (Å²) in [6.45, 7) is 4.98. The average molecular weight is 485 g/mol. The van der Waals surface area contributed by atoms with E-state index in [1.807, 2.05) is 13.0 Å². The van der Waals surface area contributed by atoms with Crippen molar-refractivity contribution in [1.82, 2.24) is 19.4 Å². The van der Waals surface area contributed by atoms with E-state index in [2.05, 4.69) is 14.9 Å². The maximum Gasteiger partial charge on any atom is 0.416 e. The maximum absolute atomic E-state index is 12.9. The lowest BCUT2D eigenvalue weighted by Gasteiger charge is -2.21. The molecule has 6 nitrogen and oxygen atoms in total. The molecule has 2 aromatic heterocycles. The van der Waals surface area contributed by atoms with Gasteiger partial charge in [0.05, 0.1) is 11.1 Å². The van der Waals surface area contributed by atoms with Crippen LogP contribution < -0.4 is 11.2 Å². The second-order valence-corrected chi connectivity index (χ2v) is 9.71. The normalized spacial score (nSPS) is 21.8. The monoisotopic (exact) mass is 484 g/mol. The summed E-state index contributed by atoms with van der Waals surface area (Å²) in [5.74, 6) is 0.492. The number of pyridine rings is 1. The number of hydrogen-bond acceptors (Lipinski definition) is 4. The molecule has 2 atom stereocenters. The molecule has 1 N–H and O–H groups in total. The van der Waals surface area contributed by atoms with Crippen LogP contribution in [-0.4, -0.2) is 39.1 Å². The van der Waals surface area contributed by atoms with Gasteiger partial charge in [-0.3, -0.25) is 19.3 Å². The van der Waals surface area contributed by atoms with Crippen molar-refractivity contribution in [1.29, 1.82) is 0 Å². The topological polar surface area (TPSA) is 71.0 Å². The minimum Gasteiger partial charge on any atom is -0.302 e. The number of piperidine rings is 1. The Morgan fingerprint density at radius 3 is 2.54 bits per heavy atom. The second-order valence-electron chi connectivity index (χ2n) is 9.71. The van der Waals surface area contributed by atoms with E-state index >= 15 is 0 Å². The molecule has 35 heavy (non-hydrogen) atoms. The Kier molecular flexibility index (Phi) is 5.91. The number of benzene rings is 1. The molecule has 2 fully saturated rings. The number of alkyl halides is 3. The molecule has 1 saturated carbocycles. The highest BCUT2D eigenvalue weighted by Crippen LogP contribution is 2.59. The molecule has 1 aliphatic carbocycles. The minimum atomic E-state index is -4.31. The Bertz CT molecular complexity index is 1350. The first kappa shape index (κ1) is 23.5. The minimum absolute atomic E-state index is 0.0174. The highest BCUT2D eigenvalue weighted by atomic mass is 19.4. The van der Waals surface area contributed by atoms with Crippen molar-refractivity contribution in [3.8, 4) is 11.1 Å². The zero-order valence-corrected chi connectivity index (χ0v) is 19.4. The quantitative estimate of drug-likeness (QED) is 0.515. The number of nitrogens with zero attached hydrogens (tertiary/aromatic N) is 3. The fourth-order valence-corrected chi connectivity index (χ4v) is 5.45. The molecule has 1 aromatic carbocycles. The van der Waals surface area contributed by atoms with Gasteiger partial charge in [-0.15, -0.1) is 0 Å². The van der Waals surface area contributed by atoms with Gasteiger partial charge in [0.1, 0.15) is 0 Å². The number of halogens is 3. The molecule has 0 unspecified atom stereocenters. The summed E-state index contributed by atoms with van der Waals surface area (Å²) >= 11 is 0. The van der Waals surface area contributed by atoms with E-state index in [9.17, 15) is 22.8 Å². The zero-order valence-electron chi connectivity index (χ0n) is 19.4. The number of H-pyrrole nitrogens is 1. The van der Waals surface area contributed by atoms with Crippen LogP contribution in [0.3, 0.4) is 0 Å². The van der Waals surface area contributed by atoms with Crippen LogP contribution in [0.5, 0.6) is 0 Å². The van der Waals surface area contributed by atoms with Crippen molar-refractivity contribution < 1.29 is 13.2 Å². The van der Waals surface area contributed by atoms with Gasteiger partial charge in [-0.25, -0.2) is 4.79 Å². The third-order valence-corrected chi connectivity index (χ3v) is 7.43. The number of fused-ring (bicyclic) bond motifs is 1. The van der Waals surface area contributed by atoms with E-state index in [0.29, 0.717) is 23.6 Å². The van der Waals surface area contributed by atoms with Crippen LogP contribution in [0.1, 0.15) is 36.1 Å². The molecule has 2 aliphatic rings. The number of likely N-dealkylation sites (tertiary alicyclic amines) is 1. The van der Waals surface area contributed by atoms with E-state index in [-0.39, 0.29) is 5.41 Å². The second kappa shape index (κ2) is 8.78. The zero-order chi connectivity index (χ0) is 24.8. The summed E-state index contributed by atoms with van der Waals surface area (Å²) in [5, 5.41) is 0. The molecule has 0 amide bonds. The first-order chi connectivity index (χ1) is 16.7. The molecule has 0 bridgehead atoms. The van der Waals surface area contributed by atoms with Crippen LogP contribution >= 0.6 is 0 Å². The number of aromatic nitrogens is 3. The molecule has 3 heterocycles. The summed E-state index contributed by atoms with van der Waals surface area (Å²) in [6.07, 6.45) is 1.63. The molecular weight excluding hydrogens is 457 g/mol. The Balaban J connectivity index is 1.17. The standard InChI is InChI=1S/C26H27F3N4O2/c1-17-21(5-4-10-30-17)22-15-33(24(35)31-23(22)34)12-3-2-11-32-14-20-13-25(20,16-32)18-6-8-19(9-7-18)26(27,28)29/h4-10,15,20H,2-3,11-14,16H2,1H3,(H,31,34,35)/t20-,25+/m0/s1. The first-order valence-electron chi connectivity index (χ1n) is 11.8. The lowest BCUT2D eigenvalue weighted by Crippen LogP contribution is -2.31. The molecule has 9 heteroatoms. The first-order valence-corrected chi connectivity index (χ1v) is 11.8. The molecule has 3 aromatic rings. The molecule has 0 spiro atoms. The SMILES string of the molecule is Cc1ncccc1-c1cn(CCCCN2C[C@@H]3C[C@]3(c3ccc(C(F)(F)F)cc3)C2)c(=O)[nH]c1=O. The highest BCUT2D eigenvalue weighted by molar-refractivity contribution is 5.63. The number of rotatable bonds is 7. The maximum atomic E-state index is 12.9. The predicted molar refractivity (Wildman–Crippen MR) is 126 cm³/mol. The number of hydrogen-bond donors (Lipinski definition) is 1. The lowest BCUT2D eigenvalue weighted by molar-refractivity contribution is -0.137. The van der Waals surface area contributed by atoms with Gasteiger partial charge < -0.3 is 4.90 Å². The third-order valence-electron chi connectivity index (χ3n) is 7.43. The lowest BCUT2D eigenvalue weighted by atomic mass is 9.94. The number of unbranched alkanes of at least 4 members (excludes halogenated alkanes) is 1. The Morgan fingerprint density at radius 1 is 1.09 bits per heavy atom. The fraction of sp³-hybridized carbons (Fsp3) is 0.423. The van der Waals surface area contributed by atoms with Crippen molar-refractivity contribution in [3.05, 3.63) is 86.5 Å². The predicted octanol–water partition coefficient (Wildman–Crippen LogP) is 3.98. The largest absolute Gasteiger partial charge is 0.416 e. The van der Waals surface area contributed by atoms with E-state index < -0.39 is 23.0 Å². The van der Waals surface area contributed by atoms with Crippen LogP contribution in [-0.2, 0) is 18.1 Å². The number of aryl methyl sites for hydroxylation is 2. The Morgan fingerprint density at radius 2 is 1.83 bits per heavy atom. The summed E-state index contributed by atoms with van der Waals surface area (Å²) in [7, 11) is 0. The van der Waals surface area contributed by atoms with E-state index in [4.69, 9.17) is 0 Å². The Hall–Kier alpha value is -3.20. The van der Waals surface area contributed by atoms with Crippen molar-refractivity contribution in [2.24, 2.45) is 5.92 Å². The molecule has 0 radical (unpaired) electrons. The molecular formula is C26H27F3N4O2. The van der Waals surface area contributed by atoms with Crippen molar-refractivity contribution >= 4 is 0 Å². The number of aromatic amines is 1. The smallest absolute Gasteiger partial charge is 0.302 e. The summed E-state index contributed by atoms with van der Waals surface area (Å²) < 4.78 is 40.2. The van der Waals surface area contributed by atoms with Gasteiger partial charge >= 0.3 is 11.9 Å². The van der Waals surface area contributed by atoms with Gasteiger partial charge in [0.15, 0.2) is 0 Å². The average Bonchev–Trinajstić information content (AvgIpc) is 3.39. The highest BCUT2D eigenvalue weighted by Gasteiger charge is 2.60. The van der Waals surface area contributed by atoms with Gasteiger partial charge in [-0.2, -0.15) is 13.2 Å². The van der Waals surface area contributed by atoms with Gasteiger partial charge in [0.25, 0.3) is 5.56 Å². The molecule has 5 rings (SSSR count). The van der Waals surface area contributed by atoms with E-state index in [0.717, 1.165) is 50.2 Å². The Labute approximate surface area is 200 Å². The fourth-order valence-electron chi connectivity index (χ4n) is 5.45. The molecule has 184 valence electrons. The molecule has 1 aliphatic heterocycles. The molecule has 1 saturated heterocycles. The van der Waals surface area contributed by atoms with Crippen LogP contribution in [0, 0.1) is 12.8 Å². The van der Waals surface area contributed by atoms with Crippen molar-refractivity contribution in [3.63, 3.8) is 0 Å². The van der Waals surface area contributed by atoms with Gasteiger partial charge in [0.2, 0.25) is 0 Å². The van der Waals surface area contributed by atoms with Crippen LogP contribution in [0.25, 0.3) is 11.1 Å². The van der Waals surface area contributed by atoms with Crippen LogP contribution in [0.4, 0.5) is 13.2 Å². The summed E-state index contributed by atoms with van der Waals surface area (Å²) in [5.41, 5.74) is 1.37.